The van der Waals surface area contributed by atoms with Gasteiger partial charge in [0, 0.05) is 58.3 Å². The molecule has 0 saturated carbocycles. The highest BCUT2D eigenvalue weighted by Gasteiger charge is 2.15. The molecule has 0 aliphatic rings. The molecule has 27 heavy (non-hydrogen) atoms. The lowest BCUT2D eigenvalue weighted by Crippen LogP contribution is -2.38. The van der Waals surface area contributed by atoms with Crippen LogP contribution in [0.15, 0.2) is 29.5 Å². The second kappa shape index (κ2) is 11.1. The minimum atomic E-state index is 0. The summed E-state index contributed by atoms with van der Waals surface area (Å²) in [6.45, 7) is 8.30. The van der Waals surface area contributed by atoms with Crippen molar-refractivity contribution in [3.05, 3.63) is 41.3 Å². The minimum absolute atomic E-state index is 0. The molecule has 0 atom stereocenters. The molecule has 0 fully saturated rings. The van der Waals surface area contributed by atoms with Gasteiger partial charge in [-0.3, -0.25) is 9.67 Å². The average molecular weight is 486 g/mol. The summed E-state index contributed by atoms with van der Waals surface area (Å²) in [5, 5.41) is 7.97. The summed E-state index contributed by atoms with van der Waals surface area (Å²) in [6, 6.07) is 3.92. The van der Waals surface area contributed by atoms with E-state index in [2.05, 4.69) is 45.3 Å². The first kappa shape index (κ1) is 23.2. The van der Waals surface area contributed by atoms with Crippen molar-refractivity contribution in [2.24, 2.45) is 12.0 Å². The fourth-order valence-electron chi connectivity index (χ4n) is 2.85. The number of nitrogens with zero attached hydrogens (tertiary/aromatic N) is 5. The van der Waals surface area contributed by atoms with Crippen molar-refractivity contribution < 1.29 is 4.74 Å². The zero-order valence-corrected chi connectivity index (χ0v) is 19.4. The van der Waals surface area contributed by atoms with E-state index in [1.807, 2.05) is 37.8 Å². The molecule has 150 valence electrons. The van der Waals surface area contributed by atoms with Crippen molar-refractivity contribution in [1.82, 2.24) is 25.0 Å². The van der Waals surface area contributed by atoms with Crippen molar-refractivity contribution in [2.75, 3.05) is 20.7 Å². The van der Waals surface area contributed by atoms with Crippen LogP contribution in [0.5, 0.6) is 5.88 Å². The Bertz CT molecular complexity index is 744. The summed E-state index contributed by atoms with van der Waals surface area (Å²) in [6.07, 6.45) is 3.84. The van der Waals surface area contributed by atoms with E-state index in [0.717, 1.165) is 23.8 Å². The molecule has 2 aromatic rings. The lowest BCUT2D eigenvalue weighted by Gasteiger charge is -2.22. The molecule has 0 aliphatic carbocycles. The molecule has 2 heterocycles. The van der Waals surface area contributed by atoms with Crippen LogP contribution in [-0.2, 0) is 20.1 Å². The lowest BCUT2D eigenvalue weighted by molar-refractivity contribution is 0.326. The molecule has 0 aromatic carbocycles. The summed E-state index contributed by atoms with van der Waals surface area (Å²) < 4.78 is 7.33. The summed E-state index contributed by atoms with van der Waals surface area (Å²) >= 11 is 0. The Labute approximate surface area is 179 Å². The third kappa shape index (κ3) is 6.67. The number of aromatic nitrogens is 3. The van der Waals surface area contributed by atoms with E-state index in [9.17, 15) is 0 Å². The number of rotatable bonds is 7. The number of aliphatic imine (C=N–C) groups is 1. The van der Waals surface area contributed by atoms with E-state index in [0.29, 0.717) is 24.9 Å². The predicted octanol–water partition coefficient (Wildman–Crippen LogP) is 3.16. The highest BCUT2D eigenvalue weighted by Crippen LogP contribution is 2.18. The molecule has 2 aromatic heterocycles. The fourth-order valence-corrected chi connectivity index (χ4v) is 2.85. The highest BCUT2D eigenvalue weighted by atomic mass is 127. The maximum absolute atomic E-state index is 5.46. The van der Waals surface area contributed by atoms with Crippen molar-refractivity contribution in [3.8, 4) is 5.88 Å². The van der Waals surface area contributed by atoms with Crippen molar-refractivity contribution in [1.29, 1.82) is 0 Å². The normalized spacial score (nSPS) is 11.3. The zero-order valence-electron chi connectivity index (χ0n) is 17.1. The molecule has 1 N–H and O–H groups in total. The van der Waals surface area contributed by atoms with Gasteiger partial charge in [0.25, 0.3) is 0 Å². The number of halogens is 1. The molecule has 0 radical (unpaired) electrons. The Morgan fingerprint density at radius 2 is 2.15 bits per heavy atom. The van der Waals surface area contributed by atoms with Gasteiger partial charge >= 0.3 is 0 Å². The zero-order chi connectivity index (χ0) is 19.1. The first-order valence-corrected chi connectivity index (χ1v) is 8.96. The van der Waals surface area contributed by atoms with Crippen LogP contribution in [0.3, 0.4) is 0 Å². The van der Waals surface area contributed by atoms with Gasteiger partial charge < -0.3 is 15.0 Å². The van der Waals surface area contributed by atoms with Crippen LogP contribution in [0.2, 0.25) is 0 Å². The third-order valence-corrected chi connectivity index (χ3v) is 4.01. The quantitative estimate of drug-likeness (QED) is 0.370. The van der Waals surface area contributed by atoms with Crippen LogP contribution in [-0.4, -0.2) is 46.3 Å². The van der Waals surface area contributed by atoms with Crippen molar-refractivity contribution >= 4 is 29.9 Å². The van der Waals surface area contributed by atoms with Crippen LogP contribution >= 0.6 is 24.0 Å². The van der Waals surface area contributed by atoms with Crippen molar-refractivity contribution in [3.63, 3.8) is 0 Å². The molecule has 7 nitrogen and oxygen atoms in total. The standard InChI is InChI=1S/C19H30N6O.HI/c1-7-26-17-10-15(8-9-21-17)11-22-19(20-4)24(5)12-16-13-25(6)23-18(16)14(2)3;/h8-10,13-14H,7,11-12H2,1-6H3,(H,20,22);1H. The van der Waals surface area contributed by atoms with Crippen LogP contribution in [0.1, 0.15) is 43.5 Å². The molecule has 0 saturated heterocycles. The van der Waals surface area contributed by atoms with Gasteiger partial charge in [-0.1, -0.05) is 13.8 Å². The Balaban J connectivity index is 0.00000364. The maximum Gasteiger partial charge on any atom is 0.213 e. The van der Waals surface area contributed by atoms with Gasteiger partial charge in [0.05, 0.1) is 12.3 Å². The number of hydrogen-bond donors (Lipinski definition) is 1. The van der Waals surface area contributed by atoms with Gasteiger partial charge in [0.2, 0.25) is 5.88 Å². The molecule has 0 bridgehead atoms. The lowest BCUT2D eigenvalue weighted by atomic mass is 10.1. The summed E-state index contributed by atoms with van der Waals surface area (Å²) in [5.41, 5.74) is 3.45. The van der Waals surface area contributed by atoms with Crippen LogP contribution in [0.4, 0.5) is 0 Å². The fraction of sp³-hybridized carbons (Fsp3) is 0.526. The number of aryl methyl sites for hydroxylation is 1. The molecule has 0 amide bonds. The number of hydrogen-bond acceptors (Lipinski definition) is 4. The third-order valence-electron chi connectivity index (χ3n) is 4.01. The van der Waals surface area contributed by atoms with E-state index in [4.69, 9.17) is 4.74 Å². The van der Waals surface area contributed by atoms with E-state index in [-0.39, 0.29) is 24.0 Å². The smallest absolute Gasteiger partial charge is 0.213 e. The predicted molar refractivity (Wildman–Crippen MR) is 120 cm³/mol. The molecular weight excluding hydrogens is 455 g/mol. The molecule has 0 spiro atoms. The second-order valence-corrected chi connectivity index (χ2v) is 6.56. The molecule has 0 unspecified atom stereocenters. The Hall–Kier alpha value is -1.84. The first-order valence-electron chi connectivity index (χ1n) is 8.96. The molecular formula is C19H31IN6O. The van der Waals surface area contributed by atoms with Gasteiger partial charge in [-0.25, -0.2) is 4.98 Å². The van der Waals surface area contributed by atoms with Gasteiger partial charge in [0.15, 0.2) is 5.96 Å². The van der Waals surface area contributed by atoms with Crippen LogP contribution in [0.25, 0.3) is 0 Å². The summed E-state index contributed by atoms with van der Waals surface area (Å²) in [4.78, 5) is 10.7. The highest BCUT2D eigenvalue weighted by molar-refractivity contribution is 14.0. The average Bonchev–Trinajstić information content (AvgIpc) is 2.96. The van der Waals surface area contributed by atoms with Crippen LogP contribution in [0, 0.1) is 0 Å². The van der Waals surface area contributed by atoms with Crippen LogP contribution < -0.4 is 10.1 Å². The molecule has 2 rings (SSSR count). The van der Waals surface area contributed by atoms with Gasteiger partial charge in [-0.15, -0.1) is 24.0 Å². The number of guanidine groups is 1. The number of ether oxygens (including phenoxy) is 1. The Morgan fingerprint density at radius 1 is 1.41 bits per heavy atom. The minimum Gasteiger partial charge on any atom is -0.478 e. The van der Waals surface area contributed by atoms with Crippen molar-refractivity contribution in [2.45, 2.75) is 39.8 Å². The SMILES string of the molecule is CCOc1cc(CNC(=NC)N(C)Cc2cn(C)nc2C(C)C)ccn1.I. The van der Waals surface area contributed by atoms with Gasteiger partial charge in [0.1, 0.15) is 0 Å². The Morgan fingerprint density at radius 3 is 2.78 bits per heavy atom. The second-order valence-electron chi connectivity index (χ2n) is 6.56. The number of pyridine rings is 1. The van der Waals surface area contributed by atoms with Gasteiger partial charge in [-0.2, -0.15) is 5.10 Å². The first-order chi connectivity index (χ1) is 12.4. The maximum atomic E-state index is 5.46. The van der Waals surface area contributed by atoms with E-state index >= 15 is 0 Å². The monoisotopic (exact) mass is 486 g/mol. The van der Waals surface area contributed by atoms with E-state index in [1.54, 1.807) is 13.2 Å². The Kier molecular flexibility index (Phi) is 9.54. The largest absolute Gasteiger partial charge is 0.478 e. The molecule has 0 aliphatic heterocycles. The molecule has 8 heteroatoms. The van der Waals surface area contributed by atoms with Gasteiger partial charge in [-0.05, 0) is 24.5 Å². The summed E-state index contributed by atoms with van der Waals surface area (Å²) in [7, 11) is 5.79. The topological polar surface area (TPSA) is 67.6 Å². The van der Waals surface area contributed by atoms with E-state index < -0.39 is 0 Å². The van der Waals surface area contributed by atoms with E-state index in [1.165, 1.54) is 5.56 Å². The summed E-state index contributed by atoms with van der Waals surface area (Å²) in [5.74, 6) is 1.87. The number of nitrogens with one attached hydrogen (secondary N) is 1.